The quantitative estimate of drug-likeness (QED) is 0.338. The number of para-hydroxylation sites is 1. The second-order valence-electron chi connectivity index (χ2n) is 8.81. The van der Waals surface area contributed by atoms with Crippen LogP contribution in [-0.4, -0.2) is 30.6 Å². The molecule has 1 amide bonds. The molecule has 1 aliphatic rings. The molecule has 35 heavy (non-hydrogen) atoms. The molecule has 5 aromatic rings. The highest BCUT2D eigenvalue weighted by atomic mass is 16.2. The fraction of sp³-hybridized carbons (Fsp3) is 0.154. The number of H-pyrrole nitrogens is 1. The summed E-state index contributed by atoms with van der Waals surface area (Å²) in [6.45, 7) is 4.41. The number of hydrogen-bond donors (Lipinski definition) is 3. The van der Waals surface area contributed by atoms with E-state index in [9.17, 15) is 4.79 Å². The number of aromatic amines is 1. The minimum Gasteiger partial charge on any atom is -0.398 e. The van der Waals surface area contributed by atoms with Crippen molar-refractivity contribution in [1.29, 1.82) is 0 Å². The van der Waals surface area contributed by atoms with Crippen LogP contribution in [0, 0.1) is 13.8 Å². The molecule has 1 aliphatic heterocycles. The largest absolute Gasteiger partial charge is 0.398 e. The van der Waals surface area contributed by atoms with E-state index in [1.54, 1.807) is 15.8 Å². The Morgan fingerprint density at radius 1 is 1.11 bits per heavy atom. The predicted molar refractivity (Wildman–Crippen MR) is 137 cm³/mol. The zero-order chi connectivity index (χ0) is 24.3. The molecule has 174 valence electrons. The molecule has 2 aromatic carbocycles. The third-order valence-electron chi connectivity index (χ3n) is 6.57. The Labute approximate surface area is 201 Å². The van der Waals surface area contributed by atoms with Crippen molar-refractivity contribution in [2.24, 2.45) is 7.05 Å². The summed E-state index contributed by atoms with van der Waals surface area (Å²) in [5.41, 5.74) is 13.7. The lowest BCUT2D eigenvalue weighted by Crippen LogP contribution is -2.23. The van der Waals surface area contributed by atoms with Crippen molar-refractivity contribution in [2.75, 3.05) is 16.0 Å². The van der Waals surface area contributed by atoms with Crippen LogP contribution in [0.15, 0.2) is 54.9 Å². The molecule has 9 nitrogen and oxygen atoms in total. The van der Waals surface area contributed by atoms with Crippen LogP contribution in [0.5, 0.6) is 0 Å². The van der Waals surface area contributed by atoms with Crippen molar-refractivity contribution in [1.82, 2.24) is 24.7 Å². The average molecular weight is 465 g/mol. The molecule has 4 N–H and O–H groups in total. The molecular formula is C26H24N8O. The van der Waals surface area contributed by atoms with Gasteiger partial charge in [-0.3, -0.25) is 9.48 Å². The molecule has 0 spiro atoms. The maximum Gasteiger partial charge on any atom is 0.259 e. The molecule has 6 rings (SSSR count). The van der Waals surface area contributed by atoms with Crippen LogP contribution in [0.25, 0.3) is 22.2 Å². The Kier molecular flexibility index (Phi) is 4.60. The van der Waals surface area contributed by atoms with Gasteiger partial charge in [0.2, 0.25) is 5.95 Å². The van der Waals surface area contributed by atoms with Crippen LogP contribution in [0.2, 0.25) is 0 Å². The lowest BCUT2D eigenvalue weighted by Gasteiger charge is -2.17. The number of carbonyl (C=O) groups is 1. The second kappa shape index (κ2) is 7.69. The number of hydrogen-bond acceptors (Lipinski definition) is 6. The first-order valence-electron chi connectivity index (χ1n) is 11.3. The number of nitrogen functional groups attached to an aromatic ring is 1. The normalized spacial score (nSPS) is 13.0. The lowest BCUT2D eigenvalue weighted by molar-refractivity contribution is 0.0997. The number of amides is 1. The summed E-state index contributed by atoms with van der Waals surface area (Å²) < 4.78 is 1.80. The van der Waals surface area contributed by atoms with Crippen molar-refractivity contribution >= 4 is 40.0 Å². The van der Waals surface area contributed by atoms with Gasteiger partial charge in [0.1, 0.15) is 0 Å². The Bertz CT molecular complexity index is 1610. The fourth-order valence-electron chi connectivity index (χ4n) is 4.62. The number of benzene rings is 2. The highest BCUT2D eigenvalue weighted by Crippen LogP contribution is 2.38. The number of carbonyl (C=O) groups excluding carboxylic acids is 1. The maximum absolute atomic E-state index is 13.2. The molecule has 4 heterocycles. The average Bonchev–Trinajstić information content (AvgIpc) is 3.51. The summed E-state index contributed by atoms with van der Waals surface area (Å²) in [5.74, 6) is 1.11. The van der Waals surface area contributed by atoms with Crippen LogP contribution in [-0.2, 0) is 13.6 Å². The standard InChI is InChI=1S/C26H24N8O/c1-14-11-29-26(30-22-10-15(2)33(3)32-22)31-23(14)18-12-28-24-16(18)6-5-9-21(24)34-13-19-17(25(34)35)7-4-8-20(19)27/h4-12,28H,13,27H2,1-3H3,(H,29,30,31,32). The van der Waals surface area contributed by atoms with Crippen molar-refractivity contribution in [3.63, 3.8) is 0 Å². The molecule has 0 saturated carbocycles. The van der Waals surface area contributed by atoms with E-state index in [0.29, 0.717) is 29.6 Å². The van der Waals surface area contributed by atoms with Crippen LogP contribution >= 0.6 is 0 Å². The first kappa shape index (κ1) is 20.9. The van der Waals surface area contributed by atoms with Crippen molar-refractivity contribution in [3.05, 3.63) is 77.2 Å². The van der Waals surface area contributed by atoms with Gasteiger partial charge in [-0.1, -0.05) is 18.2 Å². The number of nitrogens with two attached hydrogens (primary N) is 1. The first-order valence-corrected chi connectivity index (χ1v) is 11.3. The SMILES string of the molecule is Cc1cnc(Nc2cc(C)n(C)n2)nc1-c1c[nH]c2c(N3Cc4c(N)cccc4C3=O)cccc12. The van der Waals surface area contributed by atoms with Gasteiger partial charge >= 0.3 is 0 Å². The maximum atomic E-state index is 13.2. The highest BCUT2D eigenvalue weighted by Gasteiger charge is 2.31. The molecule has 0 aliphatic carbocycles. The Balaban J connectivity index is 1.40. The van der Waals surface area contributed by atoms with Gasteiger partial charge in [0, 0.05) is 59.0 Å². The van der Waals surface area contributed by atoms with Crippen LogP contribution in [0.3, 0.4) is 0 Å². The van der Waals surface area contributed by atoms with Crippen molar-refractivity contribution in [2.45, 2.75) is 20.4 Å². The molecule has 3 aromatic heterocycles. The molecule has 0 unspecified atom stereocenters. The van der Waals surface area contributed by atoms with Crippen molar-refractivity contribution in [3.8, 4) is 11.3 Å². The summed E-state index contributed by atoms with van der Waals surface area (Å²) in [7, 11) is 1.89. The highest BCUT2D eigenvalue weighted by molar-refractivity contribution is 6.15. The van der Waals surface area contributed by atoms with Crippen molar-refractivity contribution < 1.29 is 4.79 Å². The monoisotopic (exact) mass is 464 g/mol. The van der Waals surface area contributed by atoms with E-state index >= 15 is 0 Å². The van der Waals surface area contributed by atoms with E-state index in [-0.39, 0.29) is 5.91 Å². The lowest BCUT2D eigenvalue weighted by atomic mass is 10.1. The molecule has 0 fully saturated rings. The molecule has 0 bridgehead atoms. The zero-order valence-electron chi connectivity index (χ0n) is 19.6. The number of nitrogens with zero attached hydrogens (tertiary/aromatic N) is 5. The third kappa shape index (κ3) is 3.31. The smallest absolute Gasteiger partial charge is 0.259 e. The van der Waals surface area contributed by atoms with Crippen LogP contribution < -0.4 is 16.0 Å². The van der Waals surface area contributed by atoms with E-state index in [0.717, 1.165) is 44.7 Å². The number of rotatable bonds is 4. The van der Waals surface area contributed by atoms with Gasteiger partial charge in [-0.15, -0.1) is 0 Å². The number of aryl methyl sites for hydroxylation is 3. The molecule has 0 saturated heterocycles. The minimum absolute atomic E-state index is 0.0497. The number of nitrogens with one attached hydrogen (secondary N) is 2. The van der Waals surface area contributed by atoms with E-state index in [1.807, 2.05) is 69.6 Å². The third-order valence-corrected chi connectivity index (χ3v) is 6.57. The predicted octanol–water partition coefficient (Wildman–Crippen LogP) is 4.46. The van der Waals surface area contributed by atoms with Gasteiger partial charge in [-0.2, -0.15) is 5.10 Å². The molecular weight excluding hydrogens is 440 g/mol. The summed E-state index contributed by atoms with van der Waals surface area (Å²) in [4.78, 5) is 27.6. The summed E-state index contributed by atoms with van der Waals surface area (Å²) in [6.07, 6.45) is 3.73. The number of fused-ring (bicyclic) bond motifs is 2. The van der Waals surface area contributed by atoms with Gasteiger partial charge in [-0.05, 0) is 37.6 Å². The zero-order valence-corrected chi connectivity index (χ0v) is 19.6. The summed E-state index contributed by atoms with van der Waals surface area (Å²) >= 11 is 0. The fourth-order valence-corrected chi connectivity index (χ4v) is 4.62. The first-order chi connectivity index (χ1) is 16.9. The van der Waals surface area contributed by atoms with Gasteiger partial charge in [0.15, 0.2) is 5.82 Å². The summed E-state index contributed by atoms with van der Waals surface area (Å²) in [5, 5.41) is 8.59. The van der Waals surface area contributed by atoms with E-state index < -0.39 is 0 Å². The second-order valence-corrected chi connectivity index (χ2v) is 8.81. The number of anilines is 4. The Hall–Kier alpha value is -4.66. The van der Waals surface area contributed by atoms with Crippen LogP contribution in [0.1, 0.15) is 27.2 Å². The molecule has 0 atom stereocenters. The van der Waals surface area contributed by atoms with E-state index in [2.05, 4.69) is 20.4 Å². The molecule has 0 radical (unpaired) electrons. The Morgan fingerprint density at radius 2 is 1.94 bits per heavy atom. The number of aromatic nitrogens is 5. The van der Waals surface area contributed by atoms with E-state index in [1.165, 1.54) is 0 Å². The summed E-state index contributed by atoms with van der Waals surface area (Å²) in [6, 6.07) is 13.4. The topological polar surface area (TPSA) is 118 Å². The van der Waals surface area contributed by atoms with Gasteiger partial charge in [-0.25, -0.2) is 9.97 Å². The molecule has 9 heteroatoms. The Morgan fingerprint density at radius 3 is 2.71 bits per heavy atom. The van der Waals surface area contributed by atoms with Crippen LogP contribution in [0.4, 0.5) is 23.1 Å². The van der Waals surface area contributed by atoms with Gasteiger partial charge < -0.3 is 20.9 Å². The van der Waals surface area contributed by atoms with Gasteiger partial charge in [0.25, 0.3) is 5.91 Å². The van der Waals surface area contributed by atoms with Gasteiger partial charge in [0.05, 0.1) is 23.4 Å². The minimum atomic E-state index is -0.0497. The van der Waals surface area contributed by atoms with E-state index in [4.69, 9.17) is 10.7 Å².